The van der Waals surface area contributed by atoms with Crippen LogP contribution >= 0.6 is 0 Å². The summed E-state index contributed by atoms with van der Waals surface area (Å²) < 4.78 is 0. The molecule has 0 saturated carbocycles. The topological polar surface area (TPSA) is 23.8 Å². The lowest BCUT2D eigenvalue weighted by molar-refractivity contribution is 1.13. The van der Waals surface area contributed by atoms with Crippen molar-refractivity contribution in [2.24, 2.45) is 0 Å². The van der Waals surface area contributed by atoms with Crippen molar-refractivity contribution in [2.75, 3.05) is 0 Å². The summed E-state index contributed by atoms with van der Waals surface area (Å²) in [4.78, 5) is 0. The van der Waals surface area contributed by atoms with Crippen LogP contribution in [0.1, 0.15) is 18.1 Å². The molecule has 0 unspecified atom stereocenters. The molecule has 1 nitrogen and oxygen atoms in total. The molecule has 0 aliphatic rings. The van der Waals surface area contributed by atoms with Gasteiger partial charge in [0.15, 0.2) is 0 Å². The highest BCUT2D eigenvalue weighted by molar-refractivity contribution is 5.36. The maximum absolute atomic E-state index is 8.58. The van der Waals surface area contributed by atoms with E-state index in [2.05, 4.69) is 12.1 Å². The maximum Gasteiger partial charge on any atom is 0.0994 e. The first-order valence-corrected chi connectivity index (χ1v) is 3.27. The molecule has 0 atom stereocenters. The molecule has 0 N–H and O–H groups in total. The van der Waals surface area contributed by atoms with Crippen LogP contribution in [0.5, 0.6) is 0 Å². The van der Waals surface area contributed by atoms with Gasteiger partial charge in [-0.1, -0.05) is 19.1 Å². The summed E-state index contributed by atoms with van der Waals surface area (Å²) >= 11 is 0. The number of benzene rings is 1. The normalized spacial score (nSPS) is 8.80. The van der Waals surface area contributed by atoms with E-state index in [1.807, 2.05) is 19.1 Å². The highest BCUT2D eigenvalue weighted by atomic mass is 14.2. The van der Waals surface area contributed by atoms with E-state index in [9.17, 15) is 0 Å². The molecule has 1 aromatic carbocycles. The maximum atomic E-state index is 8.58. The summed E-state index contributed by atoms with van der Waals surface area (Å²) in [6, 6.07) is 10.5. The Labute approximate surface area is 60.9 Å². The smallest absolute Gasteiger partial charge is 0.0994 e. The molecule has 0 aliphatic carbocycles. The zero-order valence-electron chi connectivity index (χ0n) is 5.89. The van der Waals surface area contributed by atoms with Crippen LogP contribution in [0.2, 0.25) is 0 Å². The average Bonchev–Trinajstić information content (AvgIpc) is 2.04. The minimum absolute atomic E-state index is 0.741. The van der Waals surface area contributed by atoms with Crippen LogP contribution in [0.25, 0.3) is 0 Å². The second-order valence-corrected chi connectivity index (χ2v) is 2.05. The van der Waals surface area contributed by atoms with E-state index >= 15 is 0 Å². The number of hydrogen-bond donors (Lipinski definition) is 0. The fourth-order valence-electron chi connectivity index (χ4n) is 0.875. The molecule has 1 aromatic rings. The monoisotopic (exact) mass is 130 g/mol. The molecule has 0 heterocycles. The van der Waals surface area contributed by atoms with Gasteiger partial charge in [0.05, 0.1) is 11.6 Å². The highest BCUT2D eigenvalue weighted by Crippen LogP contribution is 2.06. The van der Waals surface area contributed by atoms with Gasteiger partial charge in [0, 0.05) is 0 Å². The zero-order chi connectivity index (χ0) is 7.40. The average molecular weight is 130 g/mol. The Bertz CT molecular complexity index is 258. The van der Waals surface area contributed by atoms with E-state index in [1.54, 1.807) is 6.07 Å². The van der Waals surface area contributed by atoms with Gasteiger partial charge in [-0.2, -0.15) is 5.26 Å². The van der Waals surface area contributed by atoms with Crippen LogP contribution in [-0.4, -0.2) is 0 Å². The Morgan fingerprint density at radius 1 is 1.70 bits per heavy atom. The molecule has 0 aromatic heterocycles. The SMILES string of the molecule is CCc1cc[c]cc1C#N. The molecule has 10 heavy (non-hydrogen) atoms. The lowest BCUT2D eigenvalue weighted by Crippen LogP contribution is -1.84. The third kappa shape index (κ3) is 1.16. The van der Waals surface area contributed by atoms with Crippen molar-refractivity contribution in [1.29, 1.82) is 5.26 Å². The van der Waals surface area contributed by atoms with Crippen LogP contribution in [-0.2, 0) is 6.42 Å². The van der Waals surface area contributed by atoms with Gasteiger partial charge in [-0.3, -0.25) is 0 Å². The van der Waals surface area contributed by atoms with Gasteiger partial charge in [-0.25, -0.2) is 0 Å². The molecule has 1 rings (SSSR count). The third-order valence-corrected chi connectivity index (χ3v) is 1.46. The fraction of sp³-hybridized carbons (Fsp3) is 0.222. The summed E-state index contributed by atoms with van der Waals surface area (Å²) in [5, 5.41) is 8.58. The van der Waals surface area contributed by atoms with Gasteiger partial charge in [-0.05, 0) is 24.1 Å². The van der Waals surface area contributed by atoms with Gasteiger partial charge < -0.3 is 0 Å². The molecule has 0 saturated heterocycles. The third-order valence-electron chi connectivity index (χ3n) is 1.46. The Kier molecular flexibility index (Phi) is 2.07. The molecule has 0 fully saturated rings. The van der Waals surface area contributed by atoms with Gasteiger partial charge in [0.25, 0.3) is 0 Å². The van der Waals surface area contributed by atoms with Gasteiger partial charge in [-0.15, -0.1) is 0 Å². The molecular weight excluding hydrogens is 122 g/mol. The second-order valence-electron chi connectivity index (χ2n) is 2.05. The Morgan fingerprint density at radius 2 is 2.50 bits per heavy atom. The van der Waals surface area contributed by atoms with Crippen molar-refractivity contribution in [3.8, 4) is 6.07 Å². The molecular formula is C9H8N. The van der Waals surface area contributed by atoms with Crippen molar-refractivity contribution < 1.29 is 0 Å². The summed E-state index contributed by atoms with van der Waals surface area (Å²) in [5.41, 5.74) is 1.84. The van der Waals surface area contributed by atoms with Crippen LogP contribution in [0.4, 0.5) is 0 Å². The van der Waals surface area contributed by atoms with Crippen LogP contribution in [0.15, 0.2) is 18.2 Å². The molecule has 0 amide bonds. The van der Waals surface area contributed by atoms with Crippen molar-refractivity contribution in [3.63, 3.8) is 0 Å². The number of aryl methyl sites for hydroxylation is 1. The first-order valence-electron chi connectivity index (χ1n) is 3.27. The van der Waals surface area contributed by atoms with E-state index < -0.39 is 0 Å². The first-order chi connectivity index (χ1) is 4.88. The lowest BCUT2D eigenvalue weighted by atomic mass is 10.1. The largest absolute Gasteiger partial charge is 0.192 e. The number of hydrogen-bond acceptors (Lipinski definition) is 1. The molecule has 1 radical (unpaired) electrons. The predicted octanol–water partition coefficient (Wildman–Crippen LogP) is 1.92. The van der Waals surface area contributed by atoms with Crippen molar-refractivity contribution in [3.05, 3.63) is 35.4 Å². The quantitative estimate of drug-likeness (QED) is 0.569. The second kappa shape index (κ2) is 3.03. The summed E-state index contributed by atoms with van der Waals surface area (Å²) in [5.74, 6) is 0. The summed E-state index contributed by atoms with van der Waals surface area (Å²) in [6.07, 6.45) is 0.914. The minimum Gasteiger partial charge on any atom is -0.192 e. The molecule has 49 valence electrons. The Hall–Kier alpha value is -1.29. The predicted molar refractivity (Wildman–Crippen MR) is 39.4 cm³/mol. The van der Waals surface area contributed by atoms with Crippen molar-refractivity contribution in [1.82, 2.24) is 0 Å². The summed E-state index contributed by atoms with van der Waals surface area (Å²) in [6.45, 7) is 2.04. The van der Waals surface area contributed by atoms with E-state index in [1.165, 1.54) is 0 Å². The molecule has 0 aliphatic heterocycles. The highest BCUT2D eigenvalue weighted by Gasteiger charge is 1.94. The Balaban J connectivity index is 3.12. The van der Waals surface area contributed by atoms with E-state index in [0.29, 0.717) is 0 Å². The standard InChI is InChI=1S/C9H8N/c1-2-8-5-3-4-6-9(8)7-10/h3,5-6H,2H2,1H3. The van der Waals surface area contributed by atoms with Crippen molar-refractivity contribution in [2.45, 2.75) is 13.3 Å². The van der Waals surface area contributed by atoms with Crippen LogP contribution in [0.3, 0.4) is 0 Å². The zero-order valence-corrected chi connectivity index (χ0v) is 5.89. The Morgan fingerprint density at radius 3 is 3.00 bits per heavy atom. The minimum atomic E-state index is 0.741. The molecule has 0 bridgehead atoms. The van der Waals surface area contributed by atoms with Gasteiger partial charge in [0.2, 0.25) is 0 Å². The van der Waals surface area contributed by atoms with Crippen LogP contribution < -0.4 is 0 Å². The molecule has 1 heteroatoms. The fourth-order valence-corrected chi connectivity index (χ4v) is 0.875. The number of nitrogens with zero attached hydrogens (tertiary/aromatic N) is 1. The van der Waals surface area contributed by atoms with Crippen LogP contribution in [0, 0.1) is 17.4 Å². The number of rotatable bonds is 1. The van der Waals surface area contributed by atoms with E-state index in [4.69, 9.17) is 5.26 Å². The first kappa shape index (κ1) is 6.82. The lowest BCUT2D eigenvalue weighted by Gasteiger charge is -1.95. The molecule has 0 spiro atoms. The summed E-state index contributed by atoms with van der Waals surface area (Å²) in [7, 11) is 0. The van der Waals surface area contributed by atoms with Gasteiger partial charge in [0.1, 0.15) is 0 Å². The van der Waals surface area contributed by atoms with E-state index in [0.717, 1.165) is 17.5 Å². The number of nitriles is 1. The van der Waals surface area contributed by atoms with Crippen molar-refractivity contribution >= 4 is 0 Å². The van der Waals surface area contributed by atoms with Gasteiger partial charge >= 0.3 is 0 Å². The van der Waals surface area contributed by atoms with E-state index in [-0.39, 0.29) is 0 Å².